The number of methoxy groups -OCH3 is 1. The second kappa shape index (κ2) is 6.05. The van der Waals surface area contributed by atoms with Crippen LogP contribution in [-0.4, -0.2) is 29.1 Å². The highest BCUT2D eigenvalue weighted by Gasteiger charge is 2.21. The highest BCUT2D eigenvalue weighted by molar-refractivity contribution is 7.98. The molecule has 0 aliphatic carbocycles. The summed E-state index contributed by atoms with van der Waals surface area (Å²) in [4.78, 5) is 22.2. The van der Waals surface area contributed by atoms with Crippen LogP contribution < -0.4 is 16.2 Å². The van der Waals surface area contributed by atoms with Crippen LogP contribution in [0.25, 0.3) is 10.2 Å². The molecule has 0 fully saturated rings. The second-order valence-electron chi connectivity index (χ2n) is 4.67. The standard InChI is InChI=1S/C15H14N4O2S2/c1-21-8-5-3-7(4-6-8)11(20)12-10(16)9-13(22-2)18-15(17)19-14(9)23-12/h3-6H,16H2,1-2H3,(H2,17,18,19). The highest BCUT2D eigenvalue weighted by atomic mass is 32.2. The zero-order valence-electron chi connectivity index (χ0n) is 12.5. The Balaban J connectivity index is 2.12. The van der Waals surface area contributed by atoms with Crippen LogP contribution >= 0.6 is 23.1 Å². The van der Waals surface area contributed by atoms with Crippen LogP contribution in [0.1, 0.15) is 15.2 Å². The summed E-state index contributed by atoms with van der Waals surface area (Å²) in [6.45, 7) is 0. The van der Waals surface area contributed by atoms with Gasteiger partial charge in [-0.1, -0.05) is 0 Å². The molecule has 0 spiro atoms. The number of nitrogens with two attached hydrogens (primary N) is 2. The predicted octanol–water partition coefficient (Wildman–Crippen LogP) is 2.82. The molecule has 2 aromatic heterocycles. The molecule has 3 rings (SSSR count). The van der Waals surface area contributed by atoms with Crippen molar-refractivity contribution in [2.45, 2.75) is 5.03 Å². The van der Waals surface area contributed by atoms with Gasteiger partial charge in [-0.05, 0) is 30.5 Å². The number of benzene rings is 1. The number of carbonyl (C=O) groups is 1. The summed E-state index contributed by atoms with van der Waals surface area (Å²) in [5, 5.41) is 1.36. The number of thiophene rings is 1. The zero-order chi connectivity index (χ0) is 16.6. The highest BCUT2D eigenvalue weighted by Crippen LogP contribution is 2.38. The van der Waals surface area contributed by atoms with E-state index in [9.17, 15) is 4.79 Å². The van der Waals surface area contributed by atoms with Gasteiger partial charge in [0, 0.05) is 5.56 Å². The Morgan fingerprint density at radius 2 is 1.91 bits per heavy atom. The molecule has 0 bridgehead atoms. The molecular formula is C15H14N4O2S2. The van der Waals surface area contributed by atoms with Crippen LogP contribution in [0.2, 0.25) is 0 Å². The average Bonchev–Trinajstić information content (AvgIpc) is 2.90. The number of aromatic nitrogens is 2. The molecule has 23 heavy (non-hydrogen) atoms. The smallest absolute Gasteiger partial charge is 0.222 e. The third-order valence-electron chi connectivity index (χ3n) is 3.32. The number of hydrogen-bond donors (Lipinski definition) is 2. The van der Waals surface area contributed by atoms with Crippen molar-refractivity contribution in [3.05, 3.63) is 34.7 Å². The van der Waals surface area contributed by atoms with Crippen molar-refractivity contribution < 1.29 is 9.53 Å². The molecule has 0 unspecified atom stereocenters. The first-order valence-corrected chi connectivity index (χ1v) is 8.67. The maximum absolute atomic E-state index is 12.7. The molecule has 0 radical (unpaired) electrons. The van der Waals surface area contributed by atoms with Crippen LogP contribution in [0.4, 0.5) is 11.6 Å². The molecule has 0 aliphatic rings. The van der Waals surface area contributed by atoms with E-state index in [1.807, 2.05) is 6.26 Å². The molecule has 2 heterocycles. The van der Waals surface area contributed by atoms with Gasteiger partial charge in [0.25, 0.3) is 0 Å². The number of carbonyl (C=O) groups excluding carboxylic acids is 1. The molecule has 4 N–H and O–H groups in total. The van der Waals surface area contributed by atoms with E-state index in [4.69, 9.17) is 16.2 Å². The molecule has 3 aromatic rings. The minimum atomic E-state index is -0.154. The number of anilines is 2. The first-order valence-electron chi connectivity index (χ1n) is 6.63. The third-order valence-corrected chi connectivity index (χ3v) is 5.10. The molecule has 0 saturated carbocycles. The van der Waals surface area contributed by atoms with Crippen molar-refractivity contribution in [3.63, 3.8) is 0 Å². The molecule has 118 valence electrons. The largest absolute Gasteiger partial charge is 0.497 e. The minimum absolute atomic E-state index is 0.154. The number of ether oxygens (including phenoxy) is 1. The van der Waals surface area contributed by atoms with Gasteiger partial charge in [-0.3, -0.25) is 4.79 Å². The summed E-state index contributed by atoms with van der Waals surface area (Å²) in [6, 6.07) is 6.89. The molecular weight excluding hydrogens is 332 g/mol. The van der Waals surface area contributed by atoms with Gasteiger partial charge < -0.3 is 16.2 Å². The Hall–Kier alpha value is -2.32. The SMILES string of the molecule is COc1ccc(C(=O)c2sc3nc(N)nc(SC)c3c2N)cc1. The Kier molecular flexibility index (Phi) is 4.10. The van der Waals surface area contributed by atoms with Crippen molar-refractivity contribution in [1.29, 1.82) is 0 Å². The number of nitrogens with zero attached hydrogens (tertiary/aromatic N) is 2. The van der Waals surface area contributed by atoms with Gasteiger partial charge in [0.1, 0.15) is 20.5 Å². The first-order chi connectivity index (χ1) is 11.0. The fourth-order valence-corrected chi connectivity index (χ4v) is 3.92. The van der Waals surface area contributed by atoms with Crippen molar-refractivity contribution >= 4 is 50.7 Å². The van der Waals surface area contributed by atoms with Crippen molar-refractivity contribution in [2.24, 2.45) is 0 Å². The fourth-order valence-electron chi connectivity index (χ4n) is 2.20. The zero-order valence-corrected chi connectivity index (χ0v) is 14.1. The van der Waals surface area contributed by atoms with Gasteiger partial charge in [-0.25, -0.2) is 9.97 Å². The van der Waals surface area contributed by atoms with E-state index in [0.717, 1.165) is 0 Å². The maximum Gasteiger partial charge on any atom is 0.222 e. The fraction of sp³-hybridized carbons (Fsp3) is 0.133. The number of fused-ring (bicyclic) bond motifs is 1. The minimum Gasteiger partial charge on any atom is -0.497 e. The molecule has 1 aromatic carbocycles. The lowest BCUT2D eigenvalue weighted by molar-refractivity contribution is 0.104. The topological polar surface area (TPSA) is 104 Å². The number of thioether (sulfide) groups is 1. The summed E-state index contributed by atoms with van der Waals surface area (Å²) in [5.74, 6) is 0.708. The number of rotatable bonds is 4. The first kappa shape index (κ1) is 15.6. The van der Waals surface area contributed by atoms with Gasteiger partial charge in [0.15, 0.2) is 0 Å². The van der Waals surface area contributed by atoms with Crippen LogP contribution in [-0.2, 0) is 0 Å². The average molecular weight is 346 g/mol. The second-order valence-corrected chi connectivity index (χ2v) is 6.47. The number of ketones is 1. The quantitative estimate of drug-likeness (QED) is 0.425. The van der Waals surface area contributed by atoms with Crippen molar-refractivity contribution in [3.8, 4) is 5.75 Å². The van der Waals surface area contributed by atoms with Gasteiger partial charge in [0.05, 0.1) is 18.2 Å². The van der Waals surface area contributed by atoms with Gasteiger partial charge in [0.2, 0.25) is 11.7 Å². The Morgan fingerprint density at radius 3 is 2.52 bits per heavy atom. The molecule has 0 saturated heterocycles. The lowest BCUT2D eigenvalue weighted by Gasteiger charge is -2.03. The Labute approximate surface area is 140 Å². The van der Waals surface area contributed by atoms with E-state index in [-0.39, 0.29) is 11.7 Å². The molecule has 8 heteroatoms. The summed E-state index contributed by atoms with van der Waals surface area (Å²) >= 11 is 2.65. The Bertz CT molecular complexity index is 891. The van der Waals surface area contributed by atoms with Gasteiger partial charge in [-0.15, -0.1) is 23.1 Å². The van der Waals surface area contributed by atoms with Gasteiger partial charge in [-0.2, -0.15) is 0 Å². The van der Waals surface area contributed by atoms with E-state index in [0.29, 0.717) is 37.1 Å². The van der Waals surface area contributed by atoms with Crippen LogP contribution in [0.5, 0.6) is 5.75 Å². The number of nitrogen functional groups attached to an aromatic ring is 2. The maximum atomic E-state index is 12.7. The molecule has 0 atom stereocenters. The van der Waals surface area contributed by atoms with Gasteiger partial charge >= 0.3 is 0 Å². The Morgan fingerprint density at radius 1 is 1.22 bits per heavy atom. The third kappa shape index (κ3) is 2.71. The summed E-state index contributed by atoms with van der Waals surface area (Å²) in [6.07, 6.45) is 1.88. The molecule has 6 nitrogen and oxygen atoms in total. The van der Waals surface area contributed by atoms with E-state index >= 15 is 0 Å². The monoisotopic (exact) mass is 346 g/mol. The van der Waals surface area contributed by atoms with Crippen molar-refractivity contribution in [2.75, 3.05) is 24.8 Å². The van der Waals surface area contributed by atoms with Crippen LogP contribution in [0, 0.1) is 0 Å². The lowest BCUT2D eigenvalue weighted by atomic mass is 10.1. The summed E-state index contributed by atoms with van der Waals surface area (Å²) in [5.41, 5.74) is 12.8. The summed E-state index contributed by atoms with van der Waals surface area (Å²) < 4.78 is 5.10. The van der Waals surface area contributed by atoms with Crippen LogP contribution in [0.3, 0.4) is 0 Å². The van der Waals surface area contributed by atoms with E-state index in [2.05, 4.69) is 9.97 Å². The molecule has 0 amide bonds. The number of hydrogen-bond acceptors (Lipinski definition) is 8. The summed E-state index contributed by atoms with van der Waals surface area (Å²) in [7, 11) is 1.58. The predicted molar refractivity (Wildman–Crippen MR) is 94.4 cm³/mol. The van der Waals surface area contributed by atoms with E-state index < -0.39 is 0 Å². The lowest BCUT2D eigenvalue weighted by Crippen LogP contribution is -2.02. The van der Waals surface area contributed by atoms with Crippen LogP contribution in [0.15, 0.2) is 29.3 Å². The van der Waals surface area contributed by atoms with Crippen molar-refractivity contribution in [1.82, 2.24) is 9.97 Å². The van der Waals surface area contributed by atoms with E-state index in [1.54, 1.807) is 31.4 Å². The normalized spacial score (nSPS) is 10.9. The molecule has 0 aliphatic heterocycles. The van der Waals surface area contributed by atoms with E-state index in [1.165, 1.54) is 23.1 Å².